The summed E-state index contributed by atoms with van der Waals surface area (Å²) in [5.74, 6) is 0.112. The molecule has 1 heterocycles. The molecule has 1 N–H and O–H groups in total. The van der Waals surface area contributed by atoms with Crippen LogP contribution in [0.25, 0.3) is 0 Å². The number of rotatable bonds is 3. The fourth-order valence-corrected chi connectivity index (χ4v) is 2.12. The first-order valence-electron chi connectivity index (χ1n) is 6.00. The fraction of sp³-hybridized carbons (Fsp3) is 0.286. The van der Waals surface area contributed by atoms with Crippen molar-refractivity contribution in [2.75, 3.05) is 0 Å². The fourth-order valence-electron chi connectivity index (χ4n) is 2.12. The van der Waals surface area contributed by atoms with Gasteiger partial charge < -0.3 is 5.32 Å². The highest BCUT2D eigenvalue weighted by molar-refractivity contribution is 5.41. The molecule has 0 saturated heterocycles. The largest absolute Gasteiger partial charge is 0.363 e. The SMILES string of the molecule is CCC1=CC(c2cccc([N+](=O)[O-])c2)C=C(C)N1. The van der Waals surface area contributed by atoms with E-state index in [4.69, 9.17) is 0 Å². The molecule has 1 atom stereocenters. The lowest BCUT2D eigenvalue weighted by molar-refractivity contribution is -0.384. The lowest BCUT2D eigenvalue weighted by Gasteiger charge is -2.20. The molecule has 4 heteroatoms. The predicted octanol–water partition coefficient (Wildman–Crippen LogP) is 3.48. The number of nitrogens with one attached hydrogen (secondary N) is 1. The quantitative estimate of drug-likeness (QED) is 0.654. The molecule has 2 rings (SSSR count). The van der Waals surface area contributed by atoms with Gasteiger partial charge in [-0.1, -0.05) is 31.2 Å². The Hall–Kier alpha value is -2.10. The number of nitrogens with zero attached hydrogens (tertiary/aromatic N) is 1. The molecule has 1 aromatic rings. The van der Waals surface area contributed by atoms with Crippen LogP contribution in [0.4, 0.5) is 5.69 Å². The average molecular weight is 244 g/mol. The van der Waals surface area contributed by atoms with Gasteiger partial charge in [-0.2, -0.15) is 0 Å². The minimum absolute atomic E-state index is 0.112. The van der Waals surface area contributed by atoms with Crippen LogP contribution in [-0.4, -0.2) is 4.92 Å². The summed E-state index contributed by atoms with van der Waals surface area (Å²) in [6.07, 6.45) is 5.13. The highest BCUT2D eigenvalue weighted by atomic mass is 16.6. The molecular weight excluding hydrogens is 228 g/mol. The van der Waals surface area contributed by atoms with Crippen LogP contribution in [0, 0.1) is 10.1 Å². The third-order valence-electron chi connectivity index (χ3n) is 3.01. The van der Waals surface area contributed by atoms with Gasteiger partial charge in [0.2, 0.25) is 0 Å². The van der Waals surface area contributed by atoms with Gasteiger partial charge in [0.15, 0.2) is 0 Å². The number of nitro benzene ring substituents is 1. The van der Waals surface area contributed by atoms with Crippen molar-refractivity contribution in [3.63, 3.8) is 0 Å². The molecule has 0 aliphatic carbocycles. The van der Waals surface area contributed by atoms with Crippen molar-refractivity contribution in [1.82, 2.24) is 5.32 Å². The van der Waals surface area contributed by atoms with Gasteiger partial charge in [-0.25, -0.2) is 0 Å². The van der Waals surface area contributed by atoms with Crippen LogP contribution in [0.1, 0.15) is 31.7 Å². The Balaban J connectivity index is 2.36. The van der Waals surface area contributed by atoms with E-state index in [0.29, 0.717) is 0 Å². The van der Waals surface area contributed by atoms with Gasteiger partial charge in [0.25, 0.3) is 5.69 Å². The monoisotopic (exact) mass is 244 g/mol. The third kappa shape index (κ3) is 2.59. The van der Waals surface area contributed by atoms with E-state index in [2.05, 4.69) is 24.4 Å². The van der Waals surface area contributed by atoms with Crippen molar-refractivity contribution >= 4 is 5.69 Å². The molecule has 4 nitrogen and oxygen atoms in total. The molecule has 0 saturated carbocycles. The molecule has 0 fully saturated rings. The van der Waals surface area contributed by atoms with E-state index >= 15 is 0 Å². The zero-order valence-electron chi connectivity index (χ0n) is 10.5. The molecule has 1 aliphatic heterocycles. The Kier molecular flexibility index (Phi) is 3.46. The second-order valence-electron chi connectivity index (χ2n) is 4.40. The summed E-state index contributed by atoms with van der Waals surface area (Å²) in [5, 5.41) is 14.1. The van der Waals surface area contributed by atoms with E-state index in [1.165, 1.54) is 6.07 Å². The minimum Gasteiger partial charge on any atom is -0.363 e. The van der Waals surface area contributed by atoms with Gasteiger partial charge in [0.1, 0.15) is 0 Å². The smallest absolute Gasteiger partial charge is 0.269 e. The molecule has 18 heavy (non-hydrogen) atoms. The van der Waals surface area contributed by atoms with Crippen LogP contribution in [0.3, 0.4) is 0 Å². The Bertz CT molecular complexity index is 532. The van der Waals surface area contributed by atoms with Gasteiger partial charge in [-0.3, -0.25) is 10.1 Å². The van der Waals surface area contributed by atoms with Crippen molar-refractivity contribution < 1.29 is 4.92 Å². The number of hydrogen-bond donors (Lipinski definition) is 1. The van der Waals surface area contributed by atoms with E-state index in [-0.39, 0.29) is 16.5 Å². The molecule has 94 valence electrons. The first kappa shape index (κ1) is 12.4. The second kappa shape index (κ2) is 5.04. The maximum atomic E-state index is 10.8. The van der Waals surface area contributed by atoms with E-state index < -0.39 is 0 Å². The first-order chi connectivity index (χ1) is 8.60. The second-order valence-corrected chi connectivity index (χ2v) is 4.40. The molecule has 0 spiro atoms. The summed E-state index contributed by atoms with van der Waals surface area (Å²) in [6.45, 7) is 4.09. The first-order valence-corrected chi connectivity index (χ1v) is 6.00. The minimum atomic E-state index is -0.356. The summed E-state index contributed by atoms with van der Waals surface area (Å²) in [5.41, 5.74) is 3.34. The lowest BCUT2D eigenvalue weighted by atomic mass is 9.94. The Morgan fingerprint density at radius 2 is 2.17 bits per heavy atom. The zero-order chi connectivity index (χ0) is 13.1. The van der Waals surface area contributed by atoms with Crippen LogP contribution in [0.2, 0.25) is 0 Å². The summed E-state index contributed by atoms with van der Waals surface area (Å²) < 4.78 is 0. The summed E-state index contributed by atoms with van der Waals surface area (Å²) in [4.78, 5) is 10.4. The molecule has 1 aromatic carbocycles. The van der Waals surface area contributed by atoms with Gasteiger partial charge >= 0.3 is 0 Å². The molecule has 1 aliphatic rings. The summed E-state index contributed by atoms with van der Waals surface area (Å²) >= 11 is 0. The predicted molar refractivity (Wildman–Crippen MR) is 71.1 cm³/mol. The van der Waals surface area contributed by atoms with Crippen molar-refractivity contribution in [2.45, 2.75) is 26.2 Å². The lowest BCUT2D eigenvalue weighted by Crippen LogP contribution is -2.16. The van der Waals surface area contributed by atoms with Gasteiger partial charge in [0, 0.05) is 29.4 Å². The molecule has 0 amide bonds. The normalized spacial score (nSPS) is 18.7. The topological polar surface area (TPSA) is 55.2 Å². The Morgan fingerprint density at radius 3 is 2.83 bits per heavy atom. The Morgan fingerprint density at radius 1 is 1.39 bits per heavy atom. The van der Waals surface area contributed by atoms with Crippen LogP contribution in [-0.2, 0) is 0 Å². The van der Waals surface area contributed by atoms with Crippen LogP contribution < -0.4 is 5.32 Å². The van der Waals surface area contributed by atoms with Gasteiger partial charge in [0.05, 0.1) is 4.92 Å². The Labute approximate surface area is 106 Å². The van der Waals surface area contributed by atoms with Gasteiger partial charge in [-0.05, 0) is 18.9 Å². The standard InChI is InChI=1S/C14H16N2O2/c1-3-13-8-12(7-10(2)15-13)11-5-4-6-14(9-11)16(17)18/h4-9,12,15H,3H2,1-2H3. The maximum Gasteiger partial charge on any atom is 0.269 e. The zero-order valence-corrected chi connectivity index (χ0v) is 10.5. The summed E-state index contributed by atoms with van der Waals surface area (Å²) in [6, 6.07) is 6.82. The third-order valence-corrected chi connectivity index (χ3v) is 3.01. The highest BCUT2D eigenvalue weighted by Crippen LogP contribution is 2.27. The molecule has 1 unspecified atom stereocenters. The van der Waals surface area contributed by atoms with E-state index in [9.17, 15) is 10.1 Å². The number of benzene rings is 1. The van der Waals surface area contributed by atoms with Crippen molar-refractivity contribution in [1.29, 1.82) is 0 Å². The van der Waals surface area contributed by atoms with E-state index in [0.717, 1.165) is 23.4 Å². The van der Waals surface area contributed by atoms with Crippen LogP contribution >= 0.6 is 0 Å². The van der Waals surface area contributed by atoms with Crippen LogP contribution in [0.15, 0.2) is 47.8 Å². The average Bonchev–Trinajstić information content (AvgIpc) is 2.38. The van der Waals surface area contributed by atoms with Crippen LogP contribution in [0.5, 0.6) is 0 Å². The molecule has 0 bridgehead atoms. The van der Waals surface area contributed by atoms with E-state index in [1.54, 1.807) is 12.1 Å². The number of allylic oxidation sites excluding steroid dienone is 4. The molecule has 0 radical (unpaired) electrons. The van der Waals surface area contributed by atoms with Crippen molar-refractivity contribution in [2.24, 2.45) is 0 Å². The van der Waals surface area contributed by atoms with Gasteiger partial charge in [-0.15, -0.1) is 0 Å². The molecule has 0 aromatic heterocycles. The number of nitro groups is 1. The molecular formula is C14H16N2O2. The van der Waals surface area contributed by atoms with E-state index in [1.807, 2.05) is 13.0 Å². The maximum absolute atomic E-state index is 10.8. The summed E-state index contributed by atoms with van der Waals surface area (Å²) in [7, 11) is 0. The number of non-ortho nitro benzene ring substituents is 1. The highest BCUT2D eigenvalue weighted by Gasteiger charge is 2.15. The van der Waals surface area contributed by atoms with Crippen molar-refractivity contribution in [3.8, 4) is 0 Å². The van der Waals surface area contributed by atoms with Crippen molar-refractivity contribution in [3.05, 3.63) is 63.5 Å². The number of dihydropyridines is 1. The number of hydrogen-bond acceptors (Lipinski definition) is 3.